The highest BCUT2D eigenvalue weighted by molar-refractivity contribution is 7.89. The summed E-state index contributed by atoms with van der Waals surface area (Å²) in [5.74, 6) is -0.681. The molecule has 0 spiro atoms. The minimum Gasteiger partial charge on any atom is -0.460 e. The largest absolute Gasteiger partial charge is 0.460 e. The molecular weight excluding hydrogens is 338 g/mol. The SMILES string of the molecule is CCCC(CC(C)C(=O)OC(C)(C)C)NS(=O)(=O)c1ccc(C)cc1. The third-order valence-electron chi connectivity index (χ3n) is 3.74. The molecule has 0 aliphatic rings. The van der Waals surface area contributed by atoms with E-state index in [0.717, 1.165) is 12.0 Å². The number of sulfonamides is 1. The van der Waals surface area contributed by atoms with Crippen molar-refractivity contribution in [3.63, 3.8) is 0 Å². The van der Waals surface area contributed by atoms with Crippen molar-refractivity contribution in [1.29, 1.82) is 0 Å². The Bertz CT molecular complexity index is 660. The maximum Gasteiger partial charge on any atom is 0.309 e. The summed E-state index contributed by atoms with van der Waals surface area (Å²) in [5, 5.41) is 0. The molecule has 0 bridgehead atoms. The molecule has 0 radical (unpaired) electrons. The normalized spacial score (nSPS) is 14.8. The minimum absolute atomic E-state index is 0.240. The van der Waals surface area contributed by atoms with E-state index in [-0.39, 0.29) is 22.8 Å². The van der Waals surface area contributed by atoms with E-state index < -0.39 is 15.6 Å². The number of aryl methyl sites for hydroxylation is 1. The Kier molecular flexibility index (Phi) is 7.62. The van der Waals surface area contributed by atoms with Gasteiger partial charge in [0, 0.05) is 6.04 Å². The Morgan fingerprint density at radius 2 is 1.76 bits per heavy atom. The Hall–Kier alpha value is -1.40. The van der Waals surface area contributed by atoms with Gasteiger partial charge in [0.1, 0.15) is 5.60 Å². The second-order valence-corrected chi connectivity index (χ2v) is 9.30. The number of rotatable bonds is 8. The van der Waals surface area contributed by atoms with E-state index in [1.807, 2.05) is 34.6 Å². The second kappa shape index (κ2) is 8.81. The van der Waals surface area contributed by atoms with E-state index in [1.165, 1.54) is 0 Å². The first-order valence-electron chi connectivity index (χ1n) is 8.76. The first kappa shape index (κ1) is 21.6. The topological polar surface area (TPSA) is 72.5 Å². The molecule has 0 amide bonds. The number of hydrogen-bond donors (Lipinski definition) is 1. The lowest BCUT2D eigenvalue weighted by molar-refractivity contribution is -0.159. The van der Waals surface area contributed by atoms with Gasteiger partial charge in [-0.25, -0.2) is 13.1 Å². The molecule has 0 saturated carbocycles. The van der Waals surface area contributed by atoms with Crippen LogP contribution < -0.4 is 4.72 Å². The van der Waals surface area contributed by atoms with Gasteiger partial charge in [-0.1, -0.05) is 38.0 Å². The van der Waals surface area contributed by atoms with Crippen molar-refractivity contribution in [2.75, 3.05) is 0 Å². The average Bonchev–Trinajstić information content (AvgIpc) is 2.45. The van der Waals surface area contributed by atoms with Gasteiger partial charge in [-0.2, -0.15) is 0 Å². The first-order valence-corrected chi connectivity index (χ1v) is 10.2. The van der Waals surface area contributed by atoms with Crippen molar-refractivity contribution in [3.8, 4) is 0 Å². The molecule has 0 heterocycles. The fourth-order valence-electron chi connectivity index (χ4n) is 2.50. The summed E-state index contributed by atoms with van der Waals surface area (Å²) in [4.78, 5) is 12.4. The summed E-state index contributed by atoms with van der Waals surface area (Å²) in [6.07, 6.45) is 1.90. The van der Waals surface area contributed by atoms with Crippen molar-refractivity contribution >= 4 is 16.0 Å². The van der Waals surface area contributed by atoms with E-state index in [4.69, 9.17) is 4.74 Å². The van der Waals surface area contributed by atoms with Crippen LogP contribution >= 0.6 is 0 Å². The lowest BCUT2D eigenvalue weighted by Crippen LogP contribution is -2.38. The molecule has 0 aliphatic heterocycles. The van der Waals surface area contributed by atoms with E-state index in [9.17, 15) is 13.2 Å². The summed E-state index contributed by atoms with van der Waals surface area (Å²) in [7, 11) is -3.61. The van der Waals surface area contributed by atoms with Gasteiger partial charge in [0.25, 0.3) is 0 Å². The quantitative estimate of drug-likeness (QED) is 0.707. The van der Waals surface area contributed by atoms with E-state index in [1.54, 1.807) is 31.2 Å². The van der Waals surface area contributed by atoms with Crippen LogP contribution in [0.25, 0.3) is 0 Å². The highest BCUT2D eigenvalue weighted by Crippen LogP contribution is 2.19. The summed E-state index contributed by atoms with van der Waals surface area (Å²) in [6, 6.07) is 6.42. The zero-order chi connectivity index (χ0) is 19.3. The molecule has 1 aromatic carbocycles. The van der Waals surface area contributed by atoms with E-state index in [2.05, 4.69) is 4.72 Å². The highest BCUT2D eigenvalue weighted by Gasteiger charge is 2.27. The molecule has 5 nitrogen and oxygen atoms in total. The van der Waals surface area contributed by atoms with Gasteiger partial charge in [0.05, 0.1) is 10.8 Å². The highest BCUT2D eigenvalue weighted by atomic mass is 32.2. The number of hydrogen-bond acceptors (Lipinski definition) is 4. The molecule has 0 aliphatic carbocycles. The number of carbonyl (C=O) groups excluding carboxylic acids is 1. The maximum absolute atomic E-state index is 12.6. The van der Waals surface area contributed by atoms with Gasteiger partial charge in [-0.15, -0.1) is 0 Å². The van der Waals surface area contributed by atoms with Crippen LogP contribution in [0, 0.1) is 12.8 Å². The van der Waals surface area contributed by atoms with E-state index >= 15 is 0 Å². The molecule has 1 rings (SSSR count). The molecule has 6 heteroatoms. The fraction of sp³-hybridized carbons (Fsp3) is 0.632. The second-order valence-electron chi connectivity index (χ2n) is 7.59. The molecule has 0 fully saturated rings. The fourth-order valence-corrected chi connectivity index (χ4v) is 3.79. The third kappa shape index (κ3) is 7.57. The summed E-state index contributed by atoms with van der Waals surface area (Å²) < 4.78 is 33.3. The number of carbonyl (C=O) groups is 1. The zero-order valence-electron chi connectivity index (χ0n) is 16.1. The number of esters is 1. The molecule has 1 aromatic rings. The summed E-state index contributed by atoms with van der Waals surface area (Å²) in [5.41, 5.74) is 0.454. The van der Waals surface area contributed by atoms with Gasteiger partial charge < -0.3 is 4.74 Å². The smallest absolute Gasteiger partial charge is 0.309 e. The van der Waals surface area contributed by atoms with Crippen LogP contribution in [0.15, 0.2) is 29.2 Å². The van der Waals surface area contributed by atoms with Crippen LogP contribution in [0.1, 0.15) is 59.4 Å². The first-order chi connectivity index (χ1) is 11.4. The van der Waals surface area contributed by atoms with Crippen LogP contribution in [-0.4, -0.2) is 26.0 Å². The van der Waals surface area contributed by atoms with Gasteiger partial charge in [0.15, 0.2) is 0 Å². The molecule has 142 valence electrons. The molecular formula is C19H31NO4S. The van der Waals surface area contributed by atoms with Gasteiger partial charge >= 0.3 is 5.97 Å². The lowest BCUT2D eigenvalue weighted by Gasteiger charge is -2.25. The van der Waals surface area contributed by atoms with Gasteiger partial charge in [-0.3, -0.25) is 4.79 Å². The lowest BCUT2D eigenvalue weighted by atomic mass is 9.99. The Morgan fingerprint density at radius 3 is 2.24 bits per heavy atom. The third-order valence-corrected chi connectivity index (χ3v) is 5.27. The van der Waals surface area contributed by atoms with Crippen LogP contribution in [-0.2, 0) is 19.6 Å². The average molecular weight is 370 g/mol. The minimum atomic E-state index is -3.61. The van der Waals surface area contributed by atoms with Crippen molar-refractivity contribution in [3.05, 3.63) is 29.8 Å². The van der Waals surface area contributed by atoms with Crippen molar-refractivity contribution in [2.24, 2.45) is 5.92 Å². The Balaban J connectivity index is 2.82. The maximum atomic E-state index is 12.6. The molecule has 2 unspecified atom stereocenters. The molecule has 2 atom stereocenters. The summed E-state index contributed by atoms with van der Waals surface area (Å²) in [6.45, 7) is 11.1. The van der Waals surface area contributed by atoms with E-state index in [0.29, 0.717) is 12.8 Å². The number of benzene rings is 1. The number of ether oxygens (including phenoxy) is 1. The Labute approximate surface area is 152 Å². The Morgan fingerprint density at radius 1 is 1.20 bits per heavy atom. The van der Waals surface area contributed by atoms with Crippen LogP contribution in [0.2, 0.25) is 0 Å². The standard InChI is InChI=1S/C19H31NO4S/c1-7-8-16(13-15(3)18(21)24-19(4,5)6)20-25(22,23)17-11-9-14(2)10-12-17/h9-12,15-16,20H,7-8,13H2,1-6H3. The zero-order valence-corrected chi connectivity index (χ0v) is 16.9. The van der Waals surface area contributed by atoms with Gasteiger partial charge in [0.2, 0.25) is 10.0 Å². The molecule has 0 aromatic heterocycles. The predicted molar refractivity (Wildman–Crippen MR) is 99.8 cm³/mol. The van der Waals surface area contributed by atoms with Crippen molar-refractivity contribution in [2.45, 2.75) is 77.3 Å². The summed E-state index contributed by atoms with van der Waals surface area (Å²) >= 11 is 0. The van der Waals surface area contributed by atoms with Crippen molar-refractivity contribution < 1.29 is 17.9 Å². The molecule has 25 heavy (non-hydrogen) atoms. The van der Waals surface area contributed by atoms with Crippen LogP contribution in [0.5, 0.6) is 0 Å². The van der Waals surface area contributed by atoms with Crippen LogP contribution in [0.3, 0.4) is 0 Å². The molecule has 0 saturated heterocycles. The van der Waals surface area contributed by atoms with Gasteiger partial charge in [-0.05, 0) is 52.7 Å². The monoisotopic (exact) mass is 369 g/mol. The van der Waals surface area contributed by atoms with Crippen LogP contribution in [0.4, 0.5) is 0 Å². The molecule has 1 N–H and O–H groups in total. The number of nitrogens with one attached hydrogen (secondary N) is 1. The van der Waals surface area contributed by atoms with Crippen molar-refractivity contribution in [1.82, 2.24) is 4.72 Å². The predicted octanol–water partition coefficient (Wildman–Crippen LogP) is 3.81.